The number of thiocarbonyl (C=S) groups is 1. The summed E-state index contributed by atoms with van der Waals surface area (Å²) in [5.74, 6) is 0.272. The van der Waals surface area contributed by atoms with Crippen molar-refractivity contribution in [3.63, 3.8) is 0 Å². The smallest absolute Gasteiger partial charge is 0.410 e. The van der Waals surface area contributed by atoms with Crippen LogP contribution in [-0.2, 0) is 4.74 Å². The Morgan fingerprint density at radius 3 is 2.18 bits per heavy atom. The molecule has 4 nitrogen and oxygen atoms in total. The van der Waals surface area contributed by atoms with Gasteiger partial charge >= 0.3 is 6.09 Å². The van der Waals surface area contributed by atoms with Crippen LogP contribution in [0.4, 0.5) is 4.79 Å². The van der Waals surface area contributed by atoms with Crippen molar-refractivity contribution < 1.29 is 9.53 Å². The summed E-state index contributed by atoms with van der Waals surface area (Å²) in [7, 11) is 0. The molecule has 6 heteroatoms. The minimum atomic E-state index is -0.433. The van der Waals surface area contributed by atoms with E-state index in [1.807, 2.05) is 20.8 Å². The molecule has 0 aromatic rings. The Balaban J connectivity index is 0.00000256. The van der Waals surface area contributed by atoms with Crippen molar-refractivity contribution in [3.8, 4) is 0 Å². The van der Waals surface area contributed by atoms with Crippen LogP contribution >= 0.6 is 29.2 Å². The quantitative estimate of drug-likeness (QED) is 0.753. The average molecular weight is 325 g/mol. The van der Waals surface area contributed by atoms with Gasteiger partial charge in [-0.15, -0.1) is 17.0 Å². The molecule has 0 bridgehead atoms. The Labute approximate surface area is 119 Å². The number of hydrogen-bond acceptors (Lipinski definition) is 3. The summed E-state index contributed by atoms with van der Waals surface area (Å²) in [5, 5.41) is 0. The number of carbonyl (C=O) groups excluding carboxylic acids is 1. The van der Waals surface area contributed by atoms with E-state index in [4.69, 9.17) is 22.7 Å². The van der Waals surface area contributed by atoms with Crippen molar-refractivity contribution in [2.24, 2.45) is 11.7 Å². The van der Waals surface area contributed by atoms with Crippen molar-refractivity contribution in [2.75, 3.05) is 13.1 Å². The number of piperidine rings is 1. The highest BCUT2D eigenvalue weighted by Gasteiger charge is 2.27. The first-order valence-electron chi connectivity index (χ1n) is 5.57. The third-order valence-electron chi connectivity index (χ3n) is 2.55. The van der Waals surface area contributed by atoms with Gasteiger partial charge in [0.05, 0.1) is 4.99 Å². The molecule has 1 saturated heterocycles. The number of carbonyl (C=O) groups is 1. The second-order valence-corrected chi connectivity index (χ2v) is 5.62. The minimum Gasteiger partial charge on any atom is -0.444 e. The van der Waals surface area contributed by atoms with Gasteiger partial charge in [0.1, 0.15) is 5.60 Å². The lowest BCUT2D eigenvalue weighted by atomic mass is 9.97. The Bertz CT molecular complexity index is 284. The first-order chi connectivity index (χ1) is 7.29. The third kappa shape index (κ3) is 5.68. The van der Waals surface area contributed by atoms with Crippen LogP contribution in [0.25, 0.3) is 0 Å². The molecular formula is C11H21BrN2O2S. The monoisotopic (exact) mass is 324 g/mol. The fraction of sp³-hybridized carbons (Fsp3) is 0.818. The van der Waals surface area contributed by atoms with Gasteiger partial charge in [0.2, 0.25) is 0 Å². The van der Waals surface area contributed by atoms with Gasteiger partial charge in [0, 0.05) is 19.0 Å². The van der Waals surface area contributed by atoms with Crippen LogP contribution in [0.15, 0.2) is 0 Å². The molecule has 0 spiro atoms. The Morgan fingerprint density at radius 1 is 1.35 bits per heavy atom. The largest absolute Gasteiger partial charge is 0.444 e. The van der Waals surface area contributed by atoms with Gasteiger partial charge in [-0.05, 0) is 33.6 Å². The molecule has 1 aliphatic rings. The molecule has 2 N–H and O–H groups in total. The molecule has 0 radical (unpaired) electrons. The highest BCUT2D eigenvalue weighted by molar-refractivity contribution is 8.93. The zero-order valence-electron chi connectivity index (χ0n) is 10.6. The van der Waals surface area contributed by atoms with Crippen molar-refractivity contribution in [2.45, 2.75) is 39.2 Å². The molecule has 0 unspecified atom stereocenters. The maximum atomic E-state index is 11.7. The standard InChI is InChI=1S/C11H20N2O2S.BrH/c1-11(2,3)15-10(14)13-6-4-8(5-7-13)9(12)16;/h8H,4-7H2,1-3H3,(H2,12,16);1H. The molecule has 100 valence electrons. The maximum Gasteiger partial charge on any atom is 0.410 e. The Morgan fingerprint density at radius 2 is 1.82 bits per heavy atom. The van der Waals surface area contributed by atoms with Gasteiger partial charge < -0.3 is 15.4 Å². The van der Waals surface area contributed by atoms with E-state index in [-0.39, 0.29) is 29.0 Å². The molecule has 0 atom stereocenters. The lowest BCUT2D eigenvalue weighted by molar-refractivity contribution is 0.0202. The Kier molecular flexibility index (Phi) is 6.40. The second-order valence-electron chi connectivity index (χ2n) is 5.14. The number of nitrogens with zero attached hydrogens (tertiary/aromatic N) is 1. The van der Waals surface area contributed by atoms with Crippen LogP contribution in [-0.4, -0.2) is 34.7 Å². The number of ether oxygens (including phenoxy) is 1. The molecule has 0 aromatic heterocycles. The molecule has 17 heavy (non-hydrogen) atoms. The van der Waals surface area contributed by atoms with Gasteiger partial charge in [0.25, 0.3) is 0 Å². The predicted octanol–water partition coefficient (Wildman–Crippen LogP) is 2.50. The zero-order valence-corrected chi connectivity index (χ0v) is 13.1. The molecule has 0 aromatic carbocycles. The first-order valence-corrected chi connectivity index (χ1v) is 5.97. The van der Waals surface area contributed by atoms with Crippen LogP contribution in [0.1, 0.15) is 33.6 Å². The molecule has 1 heterocycles. The van der Waals surface area contributed by atoms with E-state index in [1.54, 1.807) is 4.90 Å². The number of hydrogen-bond donors (Lipinski definition) is 1. The number of amides is 1. The summed E-state index contributed by atoms with van der Waals surface area (Å²) in [5.41, 5.74) is 5.15. The third-order valence-corrected chi connectivity index (χ3v) is 2.88. The van der Waals surface area contributed by atoms with Gasteiger partial charge in [-0.1, -0.05) is 12.2 Å². The normalized spacial score (nSPS) is 17.2. The molecular weight excluding hydrogens is 304 g/mol. The molecule has 1 amide bonds. The first kappa shape index (κ1) is 16.6. The number of rotatable bonds is 1. The van der Waals surface area contributed by atoms with E-state index in [9.17, 15) is 4.79 Å². The molecule has 0 aliphatic carbocycles. The highest BCUT2D eigenvalue weighted by atomic mass is 79.9. The lowest BCUT2D eigenvalue weighted by Crippen LogP contribution is -2.43. The lowest BCUT2D eigenvalue weighted by Gasteiger charge is -2.33. The summed E-state index contributed by atoms with van der Waals surface area (Å²) in [6, 6.07) is 0. The van der Waals surface area contributed by atoms with Crippen LogP contribution in [0, 0.1) is 5.92 Å². The van der Waals surface area contributed by atoms with Crippen LogP contribution in [0.5, 0.6) is 0 Å². The van der Waals surface area contributed by atoms with Gasteiger partial charge in [-0.3, -0.25) is 0 Å². The van der Waals surface area contributed by atoms with Gasteiger partial charge in [-0.2, -0.15) is 0 Å². The van der Waals surface area contributed by atoms with Crippen molar-refractivity contribution >= 4 is 40.3 Å². The van der Waals surface area contributed by atoms with E-state index in [0.29, 0.717) is 18.1 Å². The van der Waals surface area contributed by atoms with E-state index in [0.717, 1.165) is 12.8 Å². The van der Waals surface area contributed by atoms with Gasteiger partial charge in [-0.25, -0.2) is 4.79 Å². The molecule has 1 fully saturated rings. The SMILES string of the molecule is Br.CC(C)(C)OC(=O)N1CCC(C(N)=S)CC1. The van der Waals surface area contributed by atoms with E-state index < -0.39 is 5.60 Å². The molecule has 1 aliphatic heterocycles. The Hall–Kier alpha value is -0.360. The van der Waals surface area contributed by atoms with Gasteiger partial charge in [0.15, 0.2) is 0 Å². The zero-order chi connectivity index (χ0) is 12.3. The van der Waals surface area contributed by atoms with Crippen molar-refractivity contribution in [1.29, 1.82) is 0 Å². The van der Waals surface area contributed by atoms with Crippen LogP contribution in [0.2, 0.25) is 0 Å². The fourth-order valence-corrected chi connectivity index (χ4v) is 1.91. The molecule has 1 rings (SSSR count). The molecule has 0 saturated carbocycles. The fourth-order valence-electron chi connectivity index (χ4n) is 1.67. The second kappa shape index (κ2) is 6.54. The summed E-state index contributed by atoms with van der Waals surface area (Å²) in [6.45, 7) is 6.96. The maximum absolute atomic E-state index is 11.7. The highest BCUT2D eigenvalue weighted by Crippen LogP contribution is 2.19. The topological polar surface area (TPSA) is 55.6 Å². The number of halogens is 1. The number of likely N-dealkylation sites (tertiary alicyclic amines) is 1. The van der Waals surface area contributed by atoms with Crippen molar-refractivity contribution in [1.82, 2.24) is 4.90 Å². The summed E-state index contributed by atoms with van der Waals surface area (Å²) in [6.07, 6.45) is 1.44. The average Bonchev–Trinajstić information content (AvgIpc) is 2.15. The van der Waals surface area contributed by atoms with E-state index >= 15 is 0 Å². The van der Waals surface area contributed by atoms with Crippen LogP contribution < -0.4 is 5.73 Å². The summed E-state index contributed by atoms with van der Waals surface area (Å²) in [4.78, 5) is 14.0. The number of nitrogens with two attached hydrogens (primary N) is 1. The van der Waals surface area contributed by atoms with E-state index in [2.05, 4.69) is 0 Å². The predicted molar refractivity (Wildman–Crippen MR) is 77.6 cm³/mol. The summed E-state index contributed by atoms with van der Waals surface area (Å²) < 4.78 is 5.30. The summed E-state index contributed by atoms with van der Waals surface area (Å²) >= 11 is 4.95. The minimum absolute atomic E-state index is 0. The van der Waals surface area contributed by atoms with E-state index in [1.165, 1.54) is 0 Å². The van der Waals surface area contributed by atoms with Crippen LogP contribution in [0.3, 0.4) is 0 Å². The van der Waals surface area contributed by atoms with Crippen molar-refractivity contribution in [3.05, 3.63) is 0 Å².